The van der Waals surface area contributed by atoms with E-state index in [0.717, 1.165) is 28.7 Å². The van der Waals surface area contributed by atoms with E-state index in [9.17, 15) is 0 Å². The van der Waals surface area contributed by atoms with Crippen LogP contribution in [0.1, 0.15) is 31.5 Å². The summed E-state index contributed by atoms with van der Waals surface area (Å²) >= 11 is 3.36. The average molecular weight is 270 g/mol. The summed E-state index contributed by atoms with van der Waals surface area (Å²) in [5.74, 6) is 2.74. The highest BCUT2D eigenvalue weighted by Gasteiger charge is 2.19. The number of halogens is 1. The Morgan fingerprint density at radius 1 is 1.47 bits per heavy atom. The predicted molar refractivity (Wildman–Crippen MR) is 64.9 cm³/mol. The minimum Gasteiger partial charge on any atom is -0.370 e. The SMILES string of the molecule is Cc1nc(Br)cc(NCCCC2CC2)n1. The van der Waals surface area contributed by atoms with Gasteiger partial charge >= 0.3 is 0 Å². The molecular weight excluding hydrogens is 254 g/mol. The lowest BCUT2D eigenvalue weighted by atomic mass is 10.2. The summed E-state index contributed by atoms with van der Waals surface area (Å²) in [6.45, 7) is 2.92. The van der Waals surface area contributed by atoms with Gasteiger partial charge in [-0.1, -0.05) is 12.8 Å². The lowest BCUT2D eigenvalue weighted by molar-refractivity contribution is 0.686. The highest BCUT2D eigenvalue weighted by molar-refractivity contribution is 9.10. The van der Waals surface area contributed by atoms with E-state index in [4.69, 9.17) is 0 Å². The second kappa shape index (κ2) is 4.92. The van der Waals surface area contributed by atoms with Crippen LogP contribution in [0, 0.1) is 12.8 Å². The minimum absolute atomic E-state index is 0.800. The number of hydrogen-bond acceptors (Lipinski definition) is 3. The van der Waals surface area contributed by atoms with E-state index in [1.165, 1.54) is 25.7 Å². The molecule has 1 aliphatic carbocycles. The normalized spacial score (nSPS) is 15.3. The standard InChI is InChI=1S/C11H16BrN3/c1-8-14-10(12)7-11(15-8)13-6-2-3-9-4-5-9/h7,9H,2-6H2,1H3,(H,13,14,15). The number of aryl methyl sites for hydroxylation is 1. The summed E-state index contributed by atoms with van der Waals surface area (Å²) in [6.07, 6.45) is 5.49. The number of nitrogens with one attached hydrogen (secondary N) is 1. The van der Waals surface area contributed by atoms with Crippen LogP contribution in [0.4, 0.5) is 5.82 Å². The molecule has 2 rings (SSSR count). The van der Waals surface area contributed by atoms with Crippen molar-refractivity contribution in [1.29, 1.82) is 0 Å². The molecule has 0 saturated heterocycles. The molecule has 1 N–H and O–H groups in total. The molecule has 0 aliphatic heterocycles. The number of anilines is 1. The van der Waals surface area contributed by atoms with Gasteiger partial charge in [0.15, 0.2) is 0 Å². The third-order valence-corrected chi connectivity index (χ3v) is 3.01. The van der Waals surface area contributed by atoms with Gasteiger partial charge in [-0.3, -0.25) is 0 Å². The number of rotatable bonds is 5. The van der Waals surface area contributed by atoms with Crippen LogP contribution in [0.5, 0.6) is 0 Å². The van der Waals surface area contributed by atoms with Crippen LogP contribution in [0.3, 0.4) is 0 Å². The second-order valence-corrected chi connectivity index (χ2v) is 4.95. The van der Waals surface area contributed by atoms with Crippen molar-refractivity contribution in [3.05, 3.63) is 16.5 Å². The van der Waals surface area contributed by atoms with Gasteiger partial charge in [0, 0.05) is 12.6 Å². The van der Waals surface area contributed by atoms with Gasteiger partial charge in [-0.15, -0.1) is 0 Å². The van der Waals surface area contributed by atoms with Crippen molar-refractivity contribution >= 4 is 21.7 Å². The number of nitrogens with zero attached hydrogens (tertiary/aromatic N) is 2. The largest absolute Gasteiger partial charge is 0.370 e. The van der Waals surface area contributed by atoms with E-state index < -0.39 is 0 Å². The van der Waals surface area contributed by atoms with Crippen molar-refractivity contribution in [2.75, 3.05) is 11.9 Å². The molecule has 0 spiro atoms. The van der Waals surface area contributed by atoms with Crippen LogP contribution in [0.25, 0.3) is 0 Å². The first kappa shape index (κ1) is 10.9. The molecule has 0 bridgehead atoms. The van der Waals surface area contributed by atoms with Gasteiger partial charge in [-0.2, -0.15) is 0 Å². The summed E-state index contributed by atoms with van der Waals surface area (Å²) in [4.78, 5) is 8.48. The highest BCUT2D eigenvalue weighted by atomic mass is 79.9. The van der Waals surface area contributed by atoms with Gasteiger partial charge in [-0.05, 0) is 41.6 Å². The van der Waals surface area contributed by atoms with Crippen molar-refractivity contribution in [2.24, 2.45) is 5.92 Å². The molecule has 0 atom stereocenters. The van der Waals surface area contributed by atoms with E-state index >= 15 is 0 Å². The zero-order chi connectivity index (χ0) is 10.7. The molecule has 1 aromatic rings. The van der Waals surface area contributed by atoms with Gasteiger partial charge in [0.1, 0.15) is 16.2 Å². The summed E-state index contributed by atoms with van der Waals surface area (Å²) in [7, 11) is 0. The molecule has 0 amide bonds. The molecule has 1 saturated carbocycles. The van der Waals surface area contributed by atoms with Crippen molar-refractivity contribution < 1.29 is 0 Å². The van der Waals surface area contributed by atoms with Crippen LogP contribution < -0.4 is 5.32 Å². The molecule has 1 fully saturated rings. The molecule has 4 heteroatoms. The Balaban J connectivity index is 1.76. The predicted octanol–water partition coefficient (Wildman–Crippen LogP) is 3.15. The maximum atomic E-state index is 4.31. The monoisotopic (exact) mass is 269 g/mol. The quantitative estimate of drug-likeness (QED) is 0.659. The molecule has 1 aromatic heterocycles. The van der Waals surface area contributed by atoms with Crippen molar-refractivity contribution in [1.82, 2.24) is 9.97 Å². The molecule has 0 radical (unpaired) electrons. The van der Waals surface area contributed by atoms with E-state index in [2.05, 4.69) is 31.2 Å². The van der Waals surface area contributed by atoms with Crippen molar-refractivity contribution in [3.63, 3.8) is 0 Å². The average Bonchev–Trinajstić information content (AvgIpc) is 2.94. The van der Waals surface area contributed by atoms with Gasteiger partial charge in [0.2, 0.25) is 0 Å². The van der Waals surface area contributed by atoms with Crippen LogP contribution in [-0.4, -0.2) is 16.5 Å². The zero-order valence-corrected chi connectivity index (χ0v) is 10.5. The number of hydrogen-bond donors (Lipinski definition) is 1. The Labute approximate surface area is 98.8 Å². The Morgan fingerprint density at radius 3 is 2.93 bits per heavy atom. The van der Waals surface area contributed by atoms with Crippen LogP contribution in [0.15, 0.2) is 10.7 Å². The summed E-state index contributed by atoms with van der Waals surface area (Å²) in [5, 5.41) is 3.33. The minimum atomic E-state index is 0.800. The fourth-order valence-electron chi connectivity index (χ4n) is 1.64. The molecule has 1 heterocycles. The first-order chi connectivity index (χ1) is 7.24. The third kappa shape index (κ3) is 3.78. The van der Waals surface area contributed by atoms with Crippen LogP contribution in [-0.2, 0) is 0 Å². The molecular formula is C11H16BrN3. The summed E-state index contributed by atoms with van der Waals surface area (Å²) in [6, 6.07) is 1.92. The maximum Gasteiger partial charge on any atom is 0.130 e. The molecule has 15 heavy (non-hydrogen) atoms. The van der Waals surface area contributed by atoms with Gasteiger partial charge in [-0.25, -0.2) is 9.97 Å². The first-order valence-corrected chi connectivity index (χ1v) is 6.28. The van der Waals surface area contributed by atoms with Crippen LogP contribution in [0.2, 0.25) is 0 Å². The van der Waals surface area contributed by atoms with Crippen LogP contribution >= 0.6 is 15.9 Å². The fraction of sp³-hybridized carbons (Fsp3) is 0.636. The molecule has 1 aliphatic rings. The van der Waals surface area contributed by atoms with Crippen molar-refractivity contribution in [3.8, 4) is 0 Å². The van der Waals surface area contributed by atoms with E-state index in [1.807, 2.05) is 13.0 Å². The molecule has 0 unspecified atom stereocenters. The first-order valence-electron chi connectivity index (χ1n) is 5.49. The summed E-state index contributed by atoms with van der Waals surface area (Å²) < 4.78 is 0.847. The van der Waals surface area contributed by atoms with E-state index in [-0.39, 0.29) is 0 Å². The lowest BCUT2D eigenvalue weighted by Crippen LogP contribution is -2.05. The van der Waals surface area contributed by atoms with Crippen molar-refractivity contribution in [2.45, 2.75) is 32.6 Å². The lowest BCUT2D eigenvalue weighted by Gasteiger charge is -2.05. The Morgan fingerprint density at radius 2 is 2.27 bits per heavy atom. The molecule has 0 aromatic carbocycles. The fourth-order valence-corrected chi connectivity index (χ4v) is 2.11. The second-order valence-electron chi connectivity index (χ2n) is 4.14. The van der Waals surface area contributed by atoms with E-state index in [0.29, 0.717) is 0 Å². The zero-order valence-electron chi connectivity index (χ0n) is 8.96. The topological polar surface area (TPSA) is 37.8 Å². The smallest absolute Gasteiger partial charge is 0.130 e. The van der Waals surface area contributed by atoms with E-state index in [1.54, 1.807) is 0 Å². The third-order valence-electron chi connectivity index (χ3n) is 2.60. The van der Waals surface area contributed by atoms with Gasteiger partial charge in [0.25, 0.3) is 0 Å². The Hall–Kier alpha value is -0.640. The molecule has 82 valence electrons. The number of aromatic nitrogens is 2. The molecule has 3 nitrogen and oxygen atoms in total. The summed E-state index contributed by atoms with van der Waals surface area (Å²) in [5.41, 5.74) is 0. The highest BCUT2D eigenvalue weighted by Crippen LogP contribution is 2.33. The van der Waals surface area contributed by atoms with Gasteiger partial charge < -0.3 is 5.32 Å². The maximum absolute atomic E-state index is 4.31. The Kier molecular flexibility index (Phi) is 3.57. The Bertz CT molecular complexity index is 316. The van der Waals surface area contributed by atoms with Gasteiger partial charge in [0.05, 0.1) is 0 Å².